The molecule has 0 amide bonds. The minimum absolute atomic E-state index is 0.373. The van der Waals surface area contributed by atoms with Gasteiger partial charge in [0.05, 0.1) is 23.7 Å². The van der Waals surface area contributed by atoms with Crippen LogP contribution in [0.2, 0.25) is 0 Å². The molecule has 0 saturated carbocycles. The lowest BCUT2D eigenvalue weighted by atomic mass is 10.0. The standard InChI is InChI=1S/C16H21NO3S2/c1-3-5-6-11(4-2)8-20-16(18)15-12(7-17)13-9-22(19)10-14(13)21-15/h11H,3-6,8-10H2,1-2H3. The van der Waals surface area contributed by atoms with E-state index in [-0.39, 0.29) is 0 Å². The van der Waals surface area contributed by atoms with E-state index in [1.54, 1.807) is 0 Å². The molecule has 2 atom stereocenters. The Morgan fingerprint density at radius 3 is 2.86 bits per heavy atom. The van der Waals surface area contributed by atoms with Crippen LogP contribution in [-0.2, 0) is 27.0 Å². The summed E-state index contributed by atoms with van der Waals surface area (Å²) >= 11 is 1.27. The molecule has 0 fully saturated rings. The van der Waals surface area contributed by atoms with Crippen molar-refractivity contribution in [1.29, 1.82) is 5.26 Å². The third-order valence-corrected chi connectivity index (χ3v) is 6.59. The molecule has 6 heteroatoms. The van der Waals surface area contributed by atoms with E-state index in [4.69, 9.17) is 4.74 Å². The van der Waals surface area contributed by atoms with E-state index >= 15 is 0 Å². The lowest BCUT2D eigenvalue weighted by Gasteiger charge is -2.14. The minimum atomic E-state index is -0.931. The zero-order chi connectivity index (χ0) is 16.1. The summed E-state index contributed by atoms with van der Waals surface area (Å²) in [4.78, 5) is 13.6. The summed E-state index contributed by atoms with van der Waals surface area (Å²) in [6.07, 6.45) is 4.32. The number of carbonyl (C=O) groups excluding carboxylic acids is 1. The number of hydrogen-bond donors (Lipinski definition) is 0. The van der Waals surface area contributed by atoms with Gasteiger partial charge in [0.25, 0.3) is 0 Å². The van der Waals surface area contributed by atoms with E-state index in [0.29, 0.717) is 34.5 Å². The van der Waals surface area contributed by atoms with Crippen LogP contribution in [0.5, 0.6) is 0 Å². The highest BCUT2D eigenvalue weighted by Crippen LogP contribution is 2.35. The molecular weight excluding hydrogens is 318 g/mol. The van der Waals surface area contributed by atoms with Crippen molar-refractivity contribution < 1.29 is 13.7 Å². The molecule has 0 radical (unpaired) electrons. The third kappa shape index (κ3) is 3.76. The number of fused-ring (bicyclic) bond motifs is 1. The van der Waals surface area contributed by atoms with Crippen LogP contribution in [0.15, 0.2) is 0 Å². The molecular formula is C16H21NO3S2. The normalized spacial score (nSPS) is 17.8. The number of unbranched alkanes of at least 4 members (excludes halogenated alkanes) is 1. The molecule has 2 unspecified atom stereocenters. The van der Waals surface area contributed by atoms with E-state index in [0.717, 1.165) is 36.1 Å². The molecule has 0 aromatic carbocycles. The average molecular weight is 339 g/mol. The van der Waals surface area contributed by atoms with E-state index in [9.17, 15) is 14.3 Å². The van der Waals surface area contributed by atoms with E-state index < -0.39 is 16.8 Å². The van der Waals surface area contributed by atoms with Crippen molar-refractivity contribution in [2.45, 2.75) is 51.0 Å². The molecule has 1 aliphatic rings. The number of esters is 1. The fourth-order valence-electron chi connectivity index (χ4n) is 2.56. The molecule has 1 aromatic heterocycles. The second-order valence-corrected chi connectivity index (χ2v) is 8.13. The number of nitrogens with zero attached hydrogens (tertiary/aromatic N) is 1. The molecule has 0 bridgehead atoms. The SMILES string of the molecule is CCCCC(CC)COC(=O)c1sc2c(c1C#N)CS(=O)C2. The fourth-order valence-corrected chi connectivity index (χ4v) is 5.45. The largest absolute Gasteiger partial charge is 0.461 e. The molecule has 0 spiro atoms. The predicted molar refractivity (Wildman–Crippen MR) is 88.2 cm³/mol. The van der Waals surface area contributed by atoms with Crippen LogP contribution in [0, 0.1) is 17.2 Å². The third-order valence-electron chi connectivity index (χ3n) is 3.98. The summed E-state index contributed by atoms with van der Waals surface area (Å²) < 4.78 is 17.0. The minimum Gasteiger partial charge on any atom is -0.461 e. The molecule has 2 rings (SSSR count). The van der Waals surface area contributed by atoms with E-state index in [1.807, 2.05) is 0 Å². The summed E-state index contributed by atoms with van der Waals surface area (Å²) in [5, 5.41) is 9.30. The van der Waals surface area contributed by atoms with Gasteiger partial charge < -0.3 is 4.74 Å². The average Bonchev–Trinajstić information content (AvgIpc) is 3.02. The van der Waals surface area contributed by atoms with Gasteiger partial charge in [0, 0.05) is 15.7 Å². The number of carbonyl (C=O) groups is 1. The summed E-state index contributed by atoms with van der Waals surface area (Å²) in [5.74, 6) is 0.817. The number of nitriles is 1. The molecule has 22 heavy (non-hydrogen) atoms. The van der Waals surface area contributed by atoms with Gasteiger partial charge in [-0.3, -0.25) is 4.21 Å². The first-order chi connectivity index (χ1) is 10.6. The Morgan fingerprint density at radius 1 is 1.45 bits per heavy atom. The number of ether oxygens (including phenoxy) is 1. The second kappa shape index (κ2) is 7.89. The Bertz CT molecular complexity index is 616. The predicted octanol–water partition coefficient (Wildman–Crippen LogP) is 3.76. The lowest BCUT2D eigenvalue weighted by molar-refractivity contribution is 0.0433. The van der Waals surface area contributed by atoms with Gasteiger partial charge in [0.1, 0.15) is 10.9 Å². The van der Waals surface area contributed by atoms with Gasteiger partial charge in [0.15, 0.2) is 0 Å². The molecule has 0 N–H and O–H groups in total. The monoisotopic (exact) mass is 339 g/mol. The van der Waals surface area contributed by atoms with Crippen LogP contribution in [-0.4, -0.2) is 16.8 Å². The topological polar surface area (TPSA) is 67.2 Å². The van der Waals surface area contributed by atoms with Crippen LogP contribution >= 0.6 is 11.3 Å². The van der Waals surface area contributed by atoms with Crippen LogP contribution in [0.25, 0.3) is 0 Å². The smallest absolute Gasteiger partial charge is 0.349 e. The Balaban J connectivity index is 2.03. The van der Waals surface area contributed by atoms with Gasteiger partial charge in [-0.15, -0.1) is 11.3 Å². The molecule has 120 valence electrons. The maximum atomic E-state index is 12.3. The van der Waals surface area contributed by atoms with Crippen molar-refractivity contribution in [3.8, 4) is 6.07 Å². The molecule has 1 aliphatic heterocycles. The van der Waals surface area contributed by atoms with Crippen LogP contribution < -0.4 is 0 Å². The van der Waals surface area contributed by atoms with Crippen LogP contribution in [0.3, 0.4) is 0 Å². The molecule has 1 aromatic rings. The summed E-state index contributed by atoms with van der Waals surface area (Å²) in [7, 11) is -0.931. The van der Waals surface area contributed by atoms with Crippen molar-refractivity contribution in [2.24, 2.45) is 5.92 Å². The zero-order valence-electron chi connectivity index (χ0n) is 13.0. The first kappa shape index (κ1) is 17.2. The molecule has 0 aliphatic carbocycles. The molecule has 0 saturated heterocycles. The van der Waals surface area contributed by atoms with Gasteiger partial charge in [-0.05, 0) is 17.9 Å². The fraction of sp³-hybridized carbons (Fsp3) is 0.625. The summed E-state index contributed by atoms with van der Waals surface area (Å²) in [6.45, 7) is 4.66. The van der Waals surface area contributed by atoms with Crippen molar-refractivity contribution in [3.05, 3.63) is 20.9 Å². The number of thiophene rings is 1. The van der Waals surface area contributed by atoms with Crippen molar-refractivity contribution >= 4 is 28.1 Å². The van der Waals surface area contributed by atoms with Gasteiger partial charge in [0.2, 0.25) is 0 Å². The number of hydrogen-bond acceptors (Lipinski definition) is 5. The van der Waals surface area contributed by atoms with Crippen molar-refractivity contribution in [3.63, 3.8) is 0 Å². The van der Waals surface area contributed by atoms with Crippen molar-refractivity contribution in [1.82, 2.24) is 0 Å². The van der Waals surface area contributed by atoms with Gasteiger partial charge in [-0.25, -0.2) is 4.79 Å². The van der Waals surface area contributed by atoms with Crippen LogP contribution in [0.1, 0.15) is 65.2 Å². The lowest BCUT2D eigenvalue weighted by Crippen LogP contribution is -2.14. The Kier molecular flexibility index (Phi) is 6.16. The summed E-state index contributed by atoms with van der Waals surface area (Å²) in [5.41, 5.74) is 1.16. The van der Waals surface area contributed by atoms with Gasteiger partial charge in [-0.2, -0.15) is 5.26 Å². The van der Waals surface area contributed by atoms with Gasteiger partial charge >= 0.3 is 5.97 Å². The molecule has 2 heterocycles. The van der Waals surface area contributed by atoms with Gasteiger partial charge in [-0.1, -0.05) is 33.1 Å². The Hall–Kier alpha value is -1.19. The Morgan fingerprint density at radius 2 is 2.23 bits per heavy atom. The summed E-state index contributed by atoms with van der Waals surface area (Å²) in [6, 6.07) is 2.09. The molecule has 4 nitrogen and oxygen atoms in total. The van der Waals surface area contributed by atoms with Crippen molar-refractivity contribution in [2.75, 3.05) is 6.61 Å². The van der Waals surface area contributed by atoms with Crippen LogP contribution in [0.4, 0.5) is 0 Å². The first-order valence-electron chi connectivity index (χ1n) is 7.67. The van der Waals surface area contributed by atoms with E-state index in [2.05, 4.69) is 19.9 Å². The highest BCUT2D eigenvalue weighted by molar-refractivity contribution is 7.84. The highest BCUT2D eigenvalue weighted by Gasteiger charge is 2.29. The highest BCUT2D eigenvalue weighted by atomic mass is 32.2. The first-order valence-corrected chi connectivity index (χ1v) is 9.97. The maximum Gasteiger partial charge on any atom is 0.349 e. The maximum absolute atomic E-state index is 12.3. The number of rotatable bonds is 7. The Labute approximate surface area is 137 Å². The van der Waals surface area contributed by atoms with E-state index in [1.165, 1.54) is 11.3 Å². The zero-order valence-corrected chi connectivity index (χ0v) is 14.6. The second-order valence-electron chi connectivity index (χ2n) is 5.56. The quantitative estimate of drug-likeness (QED) is 0.709.